The Morgan fingerprint density at radius 3 is 2.14 bits per heavy atom. The molecular weight excluding hydrogens is 270 g/mol. The Morgan fingerprint density at radius 2 is 1.59 bits per heavy atom. The van der Waals surface area contributed by atoms with Gasteiger partial charge in [-0.2, -0.15) is 0 Å². The average molecular weight is 303 g/mol. The number of hydrogen-bond donors (Lipinski definition) is 1. The van der Waals surface area contributed by atoms with E-state index in [-0.39, 0.29) is 13.3 Å². The fourth-order valence-corrected chi connectivity index (χ4v) is 2.00. The van der Waals surface area contributed by atoms with Crippen LogP contribution in [0.2, 0.25) is 0 Å². The molecule has 22 heavy (non-hydrogen) atoms. The Bertz CT molecular complexity index is 554. The lowest BCUT2D eigenvalue weighted by molar-refractivity contribution is -0.119. The first-order valence-electron chi connectivity index (χ1n) is 8.38. The number of hydrogen-bond acceptors (Lipinski definition) is 2. The van der Waals surface area contributed by atoms with E-state index in [1.165, 1.54) is 17.2 Å². The van der Waals surface area contributed by atoms with Gasteiger partial charge in [0.05, 0.1) is 6.04 Å². The highest BCUT2D eigenvalue weighted by atomic mass is 16.1. The summed E-state index contributed by atoms with van der Waals surface area (Å²) < 4.78 is 0. The van der Waals surface area contributed by atoms with Crippen molar-refractivity contribution >= 4 is 16.6 Å². The van der Waals surface area contributed by atoms with E-state index >= 15 is 0 Å². The monoisotopic (exact) mass is 303 g/mol. The minimum Gasteiger partial charge on any atom is -0.321 e. The maximum absolute atomic E-state index is 11.5. The van der Waals surface area contributed by atoms with Crippen molar-refractivity contribution in [1.29, 1.82) is 0 Å². The zero-order valence-electron chi connectivity index (χ0n) is 14.7. The van der Waals surface area contributed by atoms with Crippen LogP contribution in [0.4, 0.5) is 0 Å². The summed E-state index contributed by atoms with van der Waals surface area (Å²) in [5, 5.41) is 2.41. The van der Waals surface area contributed by atoms with Crippen LogP contribution in [0.1, 0.15) is 54.5 Å². The fraction of sp³-hybridized carbons (Fsp3) is 0.450. The highest BCUT2D eigenvalue weighted by molar-refractivity contribution is 5.85. The highest BCUT2D eigenvalue weighted by Gasteiger charge is 2.11. The van der Waals surface area contributed by atoms with Gasteiger partial charge in [-0.25, -0.2) is 0 Å². The molecule has 2 nitrogen and oxygen atoms in total. The van der Waals surface area contributed by atoms with Gasteiger partial charge in [0.25, 0.3) is 0 Å². The Kier molecular flexibility index (Phi) is 11.0. The van der Waals surface area contributed by atoms with Gasteiger partial charge in [-0.15, -0.1) is 0 Å². The smallest absolute Gasteiger partial charge is 0.149 e. The summed E-state index contributed by atoms with van der Waals surface area (Å²) in [7, 11) is 0. The number of nitrogens with two attached hydrogens (primary N) is 1. The Balaban J connectivity index is 0. The van der Waals surface area contributed by atoms with Crippen LogP contribution in [0.25, 0.3) is 10.8 Å². The molecule has 0 amide bonds. The van der Waals surface area contributed by atoms with Gasteiger partial charge < -0.3 is 5.73 Å². The molecule has 0 bridgehead atoms. The van der Waals surface area contributed by atoms with Crippen LogP contribution in [-0.4, -0.2) is 11.8 Å². The van der Waals surface area contributed by atoms with Crippen LogP contribution in [0, 0.1) is 0 Å². The van der Waals surface area contributed by atoms with Gasteiger partial charge in [0.2, 0.25) is 0 Å². The first kappa shape index (κ1) is 20.3. The van der Waals surface area contributed by atoms with Crippen LogP contribution in [0.3, 0.4) is 0 Å². The molecule has 0 aliphatic heterocycles. The lowest BCUT2D eigenvalue weighted by atomic mass is 9.99. The molecule has 0 aromatic heterocycles. The summed E-state index contributed by atoms with van der Waals surface area (Å²) in [6.07, 6.45) is 2.38. The zero-order valence-corrected chi connectivity index (χ0v) is 14.7. The minimum atomic E-state index is -0.374. The third-order valence-corrected chi connectivity index (χ3v) is 3.03. The molecular formula is C20H33NO. The summed E-state index contributed by atoms with van der Waals surface area (Å²) in [5.41, 5.74) is 6.98. The van der Waals surface area contributed by atoms with Crippen LogP contribution in [-0.2, 0) is 11.2 Å². The van der Waals surface area contributed by atoms with Gasteiger partial charge in [0.1, 0.15) is 5.78 Å². The predicted molar refractivity (Wildman–Crippen MR) is 100 cm³/mol. The normalized spacial score (nSPS) is 10.8. The van der Waals surface area contributed by atoms with Crippen molar-refractivity contribution in [3.63, 3.8) is 0 Å². The molecule has 124 valence electrons. The SMILES string of the molecule is CC.CCC.CCC(=O)C(N)Cc1ccc2ccccc2c1.[HH]. The van der Waals surface area contributed by atoms with Crippen molar-refractivity contribution in [1.82, 2.24) is 0 Å². The fourth-order valence-electron chi connectivity index (χ4n) is 2.00. The van der Waals surface area contributed by atoms with E-state index in [0.717, 1.165) is 5.56 Å². The molecule has 2 aromatic rings. The van der Waals surface area contributed by atoms with Crippen LogP contribution in [0.15, 0.2) is 42.5 Å². The van der Waals surface area contributed by atoms with Gasteiger partial charge in [-0.05, 0) is 22.8 Å². The summed E-state index contributed by atoms with van der Waals surface area (Å²) in [5.74, 6) is 0.123. The first-order valence-corrected chi connectivity index (χ1v) is 8.38. The molecule has 2 aromatic carbocycles. The van der Waals surface area contributed by atoms with Gasteiger partial charge in [0.15, 0.2) is 0 Å². The Hall–Kier alpha value is -1.67. The first-order chi connectivity index (χ1) is 10.6. The van der Waals surface area contributed by atoms with Crippen molar-refractivity contribution in [2.75, 3.05) is 0 Å². The van der Waals surface area contributed by atoms with Crippen molar-refractivity contribution in [3.05, 3.63) is 48.0 Å². The molecule has 0 saturated heterocycles. The lowest BCUT2D eigenvalue weighted by Crippen LogP contribution is -2.32. The van der Waals surface area contributed by atoms with E-state index in [4.69, 9.17) is 5.73 Å². The average Bonchev–Trinajstić information content (AvgIpc) is 2.56. The molecule has 0 fully saturated rings. The molecule has 2 rings (SSSR count). The van der Waals surface area contributed by atoms with Crippen molar-refractivity contribution in [2.45, 2.75) is 59.9 Å². The maximum atomic E-state index is 11.5. The quantitative estimate of drug-likeness (QED) is 0.824. The number of benzene rings is 2. The Morgan fingerprint density at radius 1 is 1.05 bits per heavy atom. The molecule has 0 aliphatic rings. The topological polar surface area (TPSA) is 43.1 Å². The number of carbonyl (C=O) groups excluding carboxylic acids is 1. The standard InChI is InChI=1S/C15H17NO.C3H8.C2H6.H2/c1-2-15(17)14(16)10-11-7-8-12-5-3-4-6-13(12)9-11;1-3-2;1-2;/h3-9,14H,2,10,16H2,1H3;3H2,1-2H3;1-2H3;1H. The molecule has 2 heteroatoms. The molecule has 0 radical (unpaired) electrons. The molecule has 0 spiro atoms. The molecule has 0 aliphatic carbocycles. The van der Waals surface area contributed by atoms with Gasteiger partial charge in [0, 0.05) is 7.85 Å². The van der Waals surface area contributed by atoms with Crippen molar-refractivity contribution in [3.8, 4) is 0 Å². The summed E-state index contributed by atoms with van der Waals surface area (Å²) in [6, 6.07) is 14.1. The minimum absolute atomic E-state index is 0. The lowest BCUT2D eigenvalue weighted by Gasteiger charge is -2.10. The molecule has 1 unspecified atom stereocenters. The highest BCUT2D eigenvalue weighted by Crippen LogP contribution is 2.16. The van der Waals surface area contributed by atoms with Crippen LogP contribution < -0.4 is 5.73 Å². The molecule has 2 N–H and O–H groups in total. The van der Waals surface area contributed by atoms with Crippen molar-refractivity contribution in [2.24, 2.45) is 5.73 Å². The largest absolute Gasteiger partial charge is 0.321 e. The van der Waals surface area contributed by atoms with E-state index in [9.17, 15) is 4.79 Å². The van der Waals surface area contributed by atoms with E-state index in [2.05, 4.69) is 38.1 Å². The third kappa shape index (κ3) is 6.86. The van der Waals surface area contributed by atoms with E-state index < -0.39 is 0 Å². The van der Waals surface area contributed by atoms with Crippen LogP contribution in [0.5, 0.6) is 0 Å². The maximum Gasteiger partial charge on any atom is 0.149 e. The third-order valence-electron chi connectivity index (χ3n) is 3.03. The number of ketones is 1. The molecule has 0 heterocycles. The second-order valence-electron chi connectivity index (χ2n) is 5.02. The number of fused-ring (bicyclic) bond motifs is 1. The van der Waals surface area contributed by atoms with E-state index in [1.807, 2.05) is 39.0 Å². The number of rotatable bonds is 4. The zero-order chi connectivity index (χ0) is 17.0. The molecule has 0 saturated carbocycles. The van der Waals surface area contributed by atoms with Crippen molar-refractivity contribution < 1.29 is 6.22 Å². The van der Waals surface area contributed by atoms with Gasteiger partial charge in [-0.1, -0.05) is 83.5 Å². The van der Waals surface area contributed by atoms with Gasteiger partial charge >= 0.3 is 0 Å². The number of carbonyl (C=O) groups is 1. The second kappa shape index (κ2) is 11.9. The Labute approximate surface area is 137 Å². The van der Waals surface area contributed by atoms with E-state index in [1.54, 1.807) is 0 Å². The number of Topliss-reactive ketones (excluding diaryl/α,β-unsaturated/α-hetero) is 1. The van der Waals surface area contributed by atoms with Crippen LogP contribution >= 0.6 is 0 Å². The summed E-state index contributed by atoms with van der Waals surface area (Å²) in [4.78, 5) is 11.5. The summed E-state index contributed by atoms with van der Waals surface area (Å²) in [6.45, 7) is 10.1. The molecule has 1 atom stereocenters. The predicted octanol–water partition coefficient (Wildman–Crippen LogP) is 5.38. The van der Waals surface area contributed by atoms with Gasteiger partial charge in [-0.3, -0.25) is 4.79 Å². The van der Waals surface area contributed by atoms with E-state index in [0.29, 0.717) is 12.8 Å². The summed E-state index contributed by atoms with van der Waals surface area (Å²) >= 11 is 0. The second-order valence-corrected chi connectivity index (χ2v) is 5.02.